The molecular weight excluding hydrogens is 420 g/mol. The normalized spacial score (nSPS) is 13.5. The van der Waals surface area contributed by atoms with E-state index in [4.69, 9.17) is 15.9 Å². The summed E-state index contributed by atoms with van der Waals surface area (Å²) in [5.74, 6) is -5.06. The zero-order valence-electron chi connectivity index (χ0n) is 15.8. The summed E-state index contributed by atoms with van der Waals surface area (Å²) in [6.45, 7) is -0.377. The van der Waals surface area contributed by atoms with Gasteiger partial charge in [-0.05, 0) is 6.42 Å². The zero-order chi connectivity index (χ0) is 22.7. The lowest BCUT2D eigenvalue weighted by Crippen LogP contribution is -2.57. The molecule has 0 aliphatic rings. The Bertz CT molecular complexity index is 757. The third-order valence-corrected chi connectivity index (χ3v) is 4.26. The summed E-state index contributed by atoms with van der Waals surface area (Å²) >= 11 is 3.84. The number of rotatable bonds is 13. The molecule has 0 aromatic carbocycles. The molecule has 0 bridgehead atoms. The lowest BCUT2D eigenvalue weighted by atomic mass is 10.1. The first-order chi connectivity index (χ1) is 14.2. The van der Waals surface area contributed by atoms with E-state index in [1.165, 1.54) is 12.5 Å². The lowest BCUT2D eigenvalue weighted by molar-refractivity contribution is -0.142. The van der Waals surface area contributed by atoms with Crippen molar-refractivity contribution in [3.63, 3.8) is 0 Å². The van der Waals surface area contributed by atoms with Crippen molar-refractivity contribution in [2.75, 3.05) is 12.3 Å². The topological polar surface area (TPSA) is 217 Å². The van der Waals surface area contributed by atoms with Crippen molar-refractivity contribution < 1.29 is 34.2 Å². The number of amides is 3. The third-order valence-electron chi connectivity index (χ3n) is 3.89. The number of nitrogens with one attached hydrogen (secondary N) is 4. The average Bonchev–Trinajstić information content (AvgIpc) is 3.20. The maximum Gasteiger partial charge on any atom is 0.327 e. The van der Waals surface area contributed by atoms with Gasteiger partial charge in [0.2, 0.25) is 17.7 Å². The summed E-state index contributed by atoms with van der Waals surface area (Å²) in [5.41, 5.74) is 5.78. The number of carbonyl (C=O) groups is 5. The first kappa shape index (κ1) is 24.9. The van der Waals surface area contributed by atoms with E-state index in [2.05, 4.69) is 38.5 Å². The molecule has 0 aliphatic heterocycles. The quantitative estimate of drug-likeness (QED) is 0.148. The first-order valence-electron chi connectivity index (χ1n) is 8.80. The predicted octanol–water partition coefficient (Wildman–Crippen LogP) is -2.76. The van der Waals surface area contributed by atoms with Gasteiger partial charge in [0.15, 0.2) is 0 Å². The molecule has 1 heterocycles. The van der Waals surface area contributed by atoms with Gasteiger partial charge < -0.3 is 36.9 Å². The number of hydrogen-bond acceptors (Lipinski definition) is 8. The number of imidazole rings is 1. The van der Waals surface area contributed by atoms with Gasteiger partial charge in [0.1, 0.15) is 18.1 Å². The van der Waals surface area contributed by atoms with Crippen molar-refractivity contribution in [2.24, 2.45) is 5.73 Å². The third kappa shape index (κ3) is 8.48. The van der Waals surface area contributed by atoms with E-state index in [0.717, 1.165) is 0 Å². The van der Waals surface area contributed by atoms with E-state index in [9.17, 15) is 24.0 Å². The van der Waals surface area contributed by atoms with Crippen LogP contribution in [0.15, 0.2) is 12.5 Å². The van der Waals surface area contributed by atoms with E-state index in [1.54, 1.807) is 0 Å². The summed E-state index contributed by atoms with van der Waals surface area (Å²) in [6, 6.07) is -3.82. The summed E-state index contributed by atoms with van der Waals surface area (Å²) in [4.78, 5) is 65.4. The van der Waals surface area contributed by atoms with Gasteiger partial charge in [-0.2, -0.15) is 12.6 Å². The largest absolute Gasteiger partial charge is 0.481 e. The molecule has 0 saturated heterocycles. The van der Waals surface area contributed by atoms with Gasteiger partial charge in [-0.1, -0.05) is 0 Å². The number of aromatic nitrogens is 2. The van der Waals surface area contributed by atoms with Crippen LogP contribution in [0, 0.1) is 0 Å². The molecule has 8 N–H and O–H groups in total. The minimum absolute atomic E-state index is 0.000760. The smallest absolute Gasteiger partial charge is 0.327 e. The van der Waals surface area contributed by atoms with E-state index >= 15 is 0 Å². The van der Waals surface area contributed by atoms with Crippen LogP contribution in [-0.4, -0.2) is 80.3 Å². The Morgan fingerprint density at radius 3 is 2.20 bits per heavy atom. The molecule has 30 heavy (non-hydrogen) atoms. The molecule has 3 amide bonds. The van der Waals surface area contributed by atoms with Gasteiger partial charge >= 0.3 is 11.9 Å². The van der Waals surface area contributed by atoms with Crippen molar-refractivity contribution in [2.45, 2.75) is 37.4 Å². The summed E-state index contributed by atoms with van der Waals surface area (Å²) in [5, 5.41) is 24.9. The van der Waals surface area contributed by atoms with Crippen molar-refractivity contribution in [3.05, 3.63) is 18.2 Å². The molecule has 1 aromatic rings. The van der Waals surface area contributed by atoms with Crippen LogP contribution in [0.4, 0.5) is 0 Å². The molecule has 166 valence electrons. The fourth-order valence-corrected chi connectivity index (χ4v) is 2.59. The molecule has 1 rings (SSSR count). The van der Waals surface area contributed by atoms with Crippen molar-refractivity contribution in [3.8, 4) is 0 Å². The summed E-state index contributed by atoms with van der Waals surface area (Å²) < 4.78 is 0. The van der Waals surface area contributed by atoms with Crippen LogP contribution in [0.1, 0.15) is 18.5 Å². The van der Waals surface area contributed by atoms with E-state index in [0.29, 0.717) is 5.69 Å². The second-order valence-corrected chi connectivity index (χ2v) is 6.55. The molecule has 1 aromatic heterocycles. The molecule has 0 radical (unpaired) electrons. The second-order valence-electron chi connectivity index (χ2n) is 6.18. The van der Waals surface area contributed by atoms with Gasteiger partial charge in [-0.25, -0.2) is 9.78 Å². The lowest BCUT2D eigenvalue weighted by Gasteiger charge is -2.23. The molecule has 0 saturated carbocycles. The Hall–Kier alpha value is -3.13. The first-order valence-corrected chi connectivity index (χ1v) is 9.44. The number of aromatic amines is 1. The minimum atomic E-state index is -1.35. The van der Waals surface area contributed by atoms with E-state index in [1.807, 2.05) is 0 Å². The highest BCUT2D eigenvalue weighted by Crippen LogP contribution is 2.04. The Labute approximate surface area is 176 Å². The van der Waals surface area contributed by atoms with Crippen LogP contribution >= 0.6 is 12.6 Å². The molecule has 0 spiro atoms. The van der Waals surface area contributed by atoms with Crippen molar-refractivity contribution in [1.29, 1.82) is 0 Å². The Balaban J connectivity index is 2.96. The molecule has 13 nitrogen and oxygen atoms in total. The van der Waals surface area contributed by atoms with E-state index in [-0.39, 0.29) is 25.1 Å². The maximum absolute atomic E-state index is 12.7. The van der Waals surface area contributed by atoms with Gasteiger partial charge in [-0.3, -0.25) is 19.2 Å². The van der Waals surface area contributed by atoms with E-state index < -0.39 is 54.2 Å². The monoisotopic (exact) mass is 444 g/mol. The van der Waals surface area contributed by atoms with Crippen molar-refractivity contribution >= 4 is 42.3 Å². The summed E-state index contributed by atoms with van der Waals surface area (Å²) in [7, 11) is 0. The predicted molar refractivity (Wildman–Crippen MR) is 105 cm³/mol. The van der Waals surface area contributed by atoms with Gasteiger partial charge in [-0.15, -0.1) is 0 Å². The zero-order valence-corrected chi connectivity index (χ0v) is 16.7. The number of aliphatic carboxylic acids is 2. The SMILES string of the molecule is NCC(=O)NC(Cc1cnc[nH]1)C(=O)NC(CCC(=O)O)C(=O)NC(CS)C(=O)O. The average molecular weight is 444 g/mol. The highest BCUT2D eigenvalue weighted by Gasteiger charge is 2.29. The van der Waals surface area contributed by atoms with Crippen LogP contribution in [-0.2, 0) is 30.4 Å². The van der Waals surface area contributed by atoms with Crippen LogP contribution in [0.2, 0.25) is 0 Å². The van der Waals surface area contributed by atoms with Gasteiger partial charge in [0, 0.05) is 30.5 Å². The number of H-pyrrole nitrogens is 1. The maximum atomic E-state index is 12.7. The molecule has 3 atom stereocenters. The molecule has 0 fully saturated rings. The van der Waals surface area contributed by atoms with Crippen LogP contribution in [0.25, 0.3) is 0 Å². The Morgan fingerprint density at radius 2 is 1.70 bits per heavy atom. The fraction of sp³-hybridized carbons (Fsp3) is 0.500. The number of nitrogens with two attached hydrogens (primary N) is 1. The standard InChI is InChI=1S/C16H24N6O7S/c17-4-12(23)20-10(3-8-5-18-7-19-8)15(27)21-9(1-2-13(24)25)14(26)22-11(6-30)16(28)29/h5,7,9-11,30H,1-4,6,17H2,(H,18,19)(H,20,23)(H,21,27)(H,22,26)(H,24,25)(H,28,29). The number of carboxylic acid groups (broad SMARTS) is 2. The Kier molecular flexibility index (Phi) is 10.3. The highest BCUT2D eigenvalue weighted by atomic mass is 32.1. The number of nitrogens with zero attached hydrogens (tertiary/aromatic N) is 1. The second kappa shape index (κ2) is 12.4. The molecule has 14 heteroatoms. The minimum Gasteiger partial charge on any atom is -0.481 e. The van der Waals surface area contributed by atoms with Crippen LogP contribution in [0.5, 0.6) is 0 Å². The van der Waals surface area contributed by atoms with Crippen molar-refractivity contribution in [1.82, 2.24) is 25.9 Å². The number of hydrogen-bond donors (Lipinski definition) is 8. The molecule has 0 aliphatic carbocycles. The summed E-state index contributed by atoms with van der Waals surface area (Å²) in [6.07, 6.45) is 2.05. The number of carbonyl (C=O) groups excluding carboxylic acids is 3. The Morgan fingerprint density at radius 1 is 1.07 bits per heavy atom. The fourth-order valence-electron chi connectivity index (χ4n) is 2.35. The molecule has 3 unspecified atom stereocenters. The molecular formula is C16H24N6O7S. The number of carboxylic acids is 2. The number of thiol groups is 1. The van der Waals surface area contributed by atoms with Gasteiger partial charge in [0.25, 0.3) is 0 Å². The van der Waals surface area contributed by atoms with Crippen LogP contribution < -0.4 is 21.7 Å². The highest BCUT2D eigenvalue weighted by molar-refractivity contribution is 7.80. The van der Waals surface area contributed by atoms with Gasteiger partial charge in [0.05, 0.1) is 12.9 Å². The van der Waals surface area contributed by atoms with Crippen LogP contribution in [0.3, 0.4) is 0 Å².